The van der Waals surface area contributed by atoms with Crippen LogP contribution in [0.5, 0.6) is 11.5 Å². The largest absolute Gasteiger partial charge is 0.461 e. The summed E-state index contributed by atoms with van der Waals surface area (Å²) in [6.07, 6.45) is -0.362. The molecular formula is C41H40N2O10. The quantitative estimate of drug-likeness (QED) is 0.0917. The molecule has 0 bridgehead atoms. The summed E-state index contributed by atoms with van der Waals surface area (Å²) in [5.74, 6) is -0.525. The second-order valence-electron chi connectivity index (χ2n) is 11.8. The van der Waals surface area contributed by atoms with Crippen LogP contribution in [0.2, 0.25) is 0 Å². The number of benzene rings is 4. The van der Waals surface area contributed by atoms with Crippen LogP contribution in [0.15, 0.2) is 122 Å². The van der Waals surface area contributed by atoms with Gasteiger partial charge in [0.05, 0.1) is 13.1 Å². The third-order valence-electron chi connectivity index (χ3n) is 8.66. The minimum Gasteiger partial charge on any atom is -0.461 e. The van der Waals surface area contributed by atoms with Crippen LogP contribution in [0.4, 0.5) is 9.59 Å². The fourth-order valence-corrected chi connectivity index (χ4v) is 6.37. The predicted octanol–water partition coefficient (Wildman–Crippen LogP) is 5.90. The van der Waals surface area contributed by atoms with E-state index in [1.807, 2.05) is 72.8 Å². The molecule has 4 aromatic rings. The van der Waals surface area contributed by atoms with Crippen molar-refractivity contribution in [1.29, 1.82) is 0 Å². The standard InChI is InChI=1S/C41H40N2O10/c1-6-36(44)50-25-23-42-38(46)52-30-19-15-28(16-20-30)40(48-4)32-11-7-9-13-34(32)41(49-5,35-14-10-8-12-33(35)40)29-17-21-31(22-18-29)53-39(47)43-24-26-51-37(45)27(2)3/h6-22H,1-2,23-26H2,3-5H3,(H,42,46)(H,43,47). The first-order chi connectivity index (χ1) is 25.6. The second kappa shape index (κ2) is 16.9. The number of rotatable bonds is 14. The number of carbonyl (C=O) groups is 4. The number of carbonyl (C=O) groups excluding carboxylic acids is 4. The molecule has 1 aliphatic carbocycles. The van der Waals surface area contributed by atoms with E-state index in [-0.39, 0.29) is 31.9 Å². The lowest BCUT2D eigenvalue weighted by molar-refractivity contribution is -0.139. The van der Waals surface area contributed by atoms with Gasteiger partial charge in [0, 0.05) is 25.9 Å². The van der Waals surface area contributed by atoms with Crippen molar-refractivity contribution < 1.29 is 47.6 Å². The summed E-state index contributed by atoms with van der Waals surface area (Å²) in [6, 6.07) is 29.8. The maximum absolute atomic E-state index is 12.4. The molecule has 0 aliphatic heterocycles. The SMILES string of the molecule is C=CC(=O)OCCNC(=O)Oc1ccc(C2(OC)c3ccccc3C(OC)(c3ccc(OC(=O)NCCOC(=O)C(=C)C)cc3)c3ccccc32)cc1. The lowest BCUT2D eigenvalue weighted by atomic mass is 9.63. The number of ether oxygens (including phenoxy) is 6. The van der Waals surface area contributed by atoms with Crippen molar-refractivity contribution in [2.75, 3.05) is 40.5 Å². The summed E-state index contributed by atoms with van der Waals surface area (Å²) in [6.45, 7) is 8.48. The molecule has 5 rings (SSSR count). The topological polar surface area (TPSA) is 148 Å². The van der Waals surface area contributed by atoms with E-state index in [2.05, 4.69) is 23.8 Å². The Kier molecular flexibility index (Phi) is 12.1. The van der Waals surface area contributed by atoms with Crippen LogP contribution in [0.1, 0.15) is 40.3 Å². The second-order valence-corrected chi connectivity index (χ2v) is 11.8. The summed E-state index contributed by atoms with van der Waals surface area (Å²) in [4.78, 5) is 47.6. The number of methoxy groups -OCH3 is 2. The monoisotopic (exact) mass is 720 g/mol. The van der Waals surface area contributed by atoms with Gasteiger partial charge < -0.3 is 39.1 Å². The van der Waals surface area contributed by atoms with Gasteiger partial charge in [-0.2, -0.15) is 0 Å². The molecule has 274 valence electrons. The lowest BCUT2D eigenvalue weighted by Crippen LogP contribution is -2.46. The van der Waals surface area contributed by atoms with E-state index in [4.69, 9.17) is 28.4 Å². The molecule has 0 saturated carbocycles. The van der Waals surface area contributed by atoms with Crippen molar-refractivity contribution in [2.45, 2.75) is 18.1 Å². The molecule has 0 unspecified atom stereocenters. The summed E-state index contributed by atoms with van der Waals surface area (Å²) in [5, 5.41) is 5.09. The van der Waals surface area contributed by atoms with Crippen molar-refractivity contribution in [3.8, 4) is 11.5 Å². The highest BCUT2D eigenvalue weighted by Gasteiger charge is 2.53. The van der Waals surface area contributed by atoms with Gasteiger partial charge in [-0.25, -0.2) is 19.2 Å². The van der Waals surface area contributed by atoms with E-state index in [9.17, 15) is 19.2 Å². The Morgan fingerprint density at radius 2 is 1.00 bits per heavy atom. The summed E-state index contributed by atoms with van der Waals surface area (Å²) in [7, 11) is 3.29. The minimum absolute atomic E-state index is 0.0229. The van der Waals surface area contributed by atoms with Gasteiger partial charge in [0.25, 0.3) is 0 Å². The summed E-state index contributed by atoms with van der Waals surface area (Å²) >= 11 is 0. The van der Waals surface area contributed by atoms with Crippen LogP contribution in [-0.4, -0.2) is 64.6 Å². The van der Waals surface area contributed by atoms with Gasteiger partial charge >= 0.3 is 24.1 Å². The Morgan fingerprint density at radius 3 is 1.34 bits per heavy atom. The number of amides is 2. The highest BCUT2D eigenvalue weighted by molar-refractivity contribution is 5.87. The molecular weight excluding hydrogens is 680 g/mol. The van der Waals surface area contributed by atoms with Gasteiger partial charge in [-0.15, -0.1) is 0 Å². The maximum atomic E-state index is 12.4. The molecule has 0 atom stereocenters. The Bertz CT molecular complexity index is 1940. The molecule has 12 heteroatoms. The molecule has 12 nitrogen and oxygen atoms in total. The van der Waals surface area contributed by atoms with Gasteiger partial charge in [0.2, 0.25) is 0 Å². The van der Waals surface area contributed by atoms with Gasteiger partial charge in [0.15, 0.2) is 0 Å². The molecule has 0 aromatic heterocycles. The molecule has 0 fully saturated rings. The van der Waals surface area contributed by atoms with Crippen molar-refractivity contribution in [3.63, 3.8) is 0 Å². The molecule has 0 radical (unpaired) electrons. The van der Waals surface area contributed by atoms with E-state index in [1.165, 1.54) is 0 Å². The van der Waals surface area contributed by atoms with E-state index in [0.29, 0.717) is 11.5 Å². The smallest absolute Gasteiger partial charge is 0.412 e. The van der Waals surface area contributed by atoms with Gasteiger partial charge in [-0.1, -0.05) is 86.0 Å². The number of hydrogen-bond donors (Lipinski definition) is 2. The van der Waals surface area contributed by atoms with E-state index in [0.717, 1.165) is 39.5 Å². The Hall–Kier alpha value is -6.24. The van der Waals surface area contributed by atoms with Crippen LogP contribution < -0.4 is 20.1 Å². The number of fused-ring (bicyclic) bond motifs is 2. The fraction of sp³-hybridized carbons (Fsp3) is 0.220. The van der Waals surface area contributed by atoms with Gasteiger partial charge in [0.1, 0.15) is 35.9 Å². The van der Waals surface area contributed by atoms with Crippen LogP contribution >= 0.6 is 0 Å². The zero-order valence-corrected chi connectivity index (χ0v) is 29.6. The fourth-order valence-electron chi connectivity index (χ4n) is 6.37. The molecule has 1 aliphatic rings. The number of esters is 2. The van der Waals surface area contributed by atoms with Crippen LogP contribution in [0.3, 0.4) is 0 Å². The number of hydrogen-bond acceptors (Lipinski definition) is 10. The first-order valence-corrected chi connectivity index (χ1v) is 16.6. The van der Waals surface area contributed by atoms with Gasteiger partial charge in [-0.05, 0) is 64.6 Å². The number of nitrogens with one attached hydrogen (secondary N) is 2. The first-order valence-electron chi connectivity index (χ1n) is 16.6. The lowest BCUT2D eigenvalue weighted by Gasteiger charge is -2.48. The van der Waals surface area contributed by atoms with Crippen LogP contribution in [-0.2, 0) is 39.7 Å². The minimum atomic E-state index is -1.09. The Labute approximate surface area is 307 Å². The Morgan fingerprint density at radius 1 is 0.623 bits per heavy atom. The van der Waals surface area contributed by atoms with Crippen LogP contribution in [0.25, 0.3) is 0 Å². The van der Waals surface area contributed by atoms with Crippen LogP contribution in [0, 0.1) is 0 Å². The molecule has 53 heavy (non-hydrogen) atoms. The van der Waals surface area contributed by atoms with Crippen molar-refractivity contribution >= 4 is 24.1 Å². The molecule has 2 amide bonds. The van der Waals surface area contributed by atoms with E-state index >= 15 is 0 Å². The molecule has 4 aromatic carbocycles. The highest BCUT2D eigenvalue weighted by atomic mass is 16.6. The molecule has 0 heterocycles. The average Bonchev–Trinajstić information content (AvgIpc) is 3.18. The average molecular weight is 721 g/mol. The highest BCUT2D eigenvalue weighted by Crippen LogP contribution is 2.56. The van der Waals surface area contributed by atoms with E-state index < -0.39 is 35.3 Å². The third-order valence-corrected chi connectivity index (χ3v) is 8.66. The summed E-state index contributed by atoms with van der Waals surface area (Å²) in [5.41, 5.74) is 2.95. The van der Waals surface area contributed by atoms with Crippen molar-refractivity contribution in [3.05, 3.63) is 155 Å². The molecule has 2 N–H and O–H groups in total. The van der Waals surface area contributed by atoms with Crippen molar-refractivity contribution in [2.24, 2.45) is 0 Å². The zero-order valence-electron chi connectivity index (χ0n) is 29.6. The normalized spacial score (nSPS) is 16.9. The zero-order chi connectivity index (χ0) is 38.0. The Balaban J connectivity index is 1.42. The maximum Gasteiger partial charge on any atom is 0.412 e. The predicted molar refractivity (Wildman–Crippen MR) is 195 cm³/mol. The molecule has 0 spiro atoms. The summed E-state index contributed by atoms with van der Waals surface area (Å²) < 4.78 is 33.8. The van der Waals surface area contributed by atoms with E-state index in [1.54, 1.807) is 45.4 Å². The molecule has 0 saturated heterocycles. The van der Waals surface area contributed by atoms with Crippen molar-refractivity contribution in [1.82, 2.24) is 10.6 Å². The first kappa shape index (κ1) is 38.0. The van der Waals surface area contributed by atoms with Gasteiger partial charge in [-0.3, -0.25) is 0 Å². The third kappa shape index (κ3) is 7.83.